The summed E-state index contributed by atoms with van der Waals surface area (Å²) in [5, 5.41) is 1.10. The molecule has 17 heavy (non-hydrogen) atoms. The molecule has 0 spiro atoms. The van der Waals surface area contributed by atoms with E-state index in [0.717, 1.165) is 17.2 Å². The van der Waals surface area contributed by atoms with Crippen LogP contribution in [0.3, 0.4) is 0 Å². The van der Waals surface area contributed by atoms with Crippen molar-refractivity contribution in [1.29, 1.82) is 0 Å². The molecule has 0 aliphatic rings. The van der Waals surface area contributed by atoms with Crippen LogP contribution >= 0.6 is 31.9 Å². The lowest BCUT2D eigenvalue weighted by Crippen LogP contribution is -2.07. The lowest BCUT2D eigenvalue weighted by molar-refractivity contribution is 0.462. The minimum absolute atomic E-state index is 0.757. The minimum atomic E-state index is 0.757. The third kappa shape index (κ3) is 6.05. The summed E-state index contributed by atoms with van der Waals surface area (Å²) in [7, 11) is 0. The summed E-state index contributed by atoms with van der Waals surface area (Å²) in [4.78, 5) is 0. The maximum absolute atomic E-state index is 3.65. The van der Waals surface area contributed by atoms with E-state index in [1.54, 1.807) is 0 Å². The van der Waals surface area contributed by atoms with Crippen LogP contribution in [0.2, 0.25) is 0 Å². The predicted molar refractivity (Wildman–Crippen MR) is 83.8 cm³/mol. The van der Waals surface area contributed by atoms with Crippen LogP contribution in [0, 0.1) is 11.8 Å². The molecular weight excluding hydrogens is 340 g/mol. The van der Waals surface area contributed by atoms with Crippen molar-refractivity contribution in [1.82, 2.24) is 0 Å². The van der Waals surface area contributed by atoms with E-state index in [2.05, 4.69) is 70.0 Å². The number of benzene rings is 1. The lowest BCUT2D eigenvalue weighted by Gasteiger charge is -2.15. The molecule has 1 unspecified atom stereocenters. The third-order valence-electron chi connectivity index (χ3n) is 3.08. The number of rotatable bonds is 7. The molecule has 0 radical (unpaired) electrons. The standard InChI is InChI=1S/C15H22Br2/c1-12(2)6-5-7-13(11-16)10-14-8-3-4-9-15(14)17/h3-4,8-9,12-13H,5-7,10-11H2,1-2H3. The van der Waals surface area contributed by atoms with Gasteiger partial charge >= 0.3 is 0 Å². The van der Waals surface area contributed by atoms with Gasteiger partial charge < -0.3 is 0 Å². The highest BCUT2D eigenvalue weighted by Crippen LogP contribution is 2.24. The quantitative estimate of drug-likeness (QED) is 0.536. The lowest BCUT2D eigenvalue weighted by atomic mass is 9.94. The first-order valence-electron chi connectivity index (χ1n) is 6.42. The van der Waals surface area contributed by atoms with Gasteiger partial charge in [0, 0.05) is 9.80 Å². The van der Waals surface area contributed by atoms with E-state index in [-0.39, 0.29) is 0 Å². The molecule has 0 aliphatic carbocycles. The van der Waals surface area contributed by atoms with Crippen molar-refractivity contribution >= 4 is 31.9 Å². The molecule has 1 rings (SSSR count). The van der Waals surface area contributed by atoms with Gasteiger partial charge in [-0.05, 0) is 36.3 Å². The second-order valence-corrected chi connectivity index (χ2v) is 6.64. The fraction of sp³-hybridized carbons (Fsp3) is 0.600. The summed E-state index contributed by atoms with van der Waals surface area (Å²) < 4.78 is 1.25. The molecule has 1 atom stereocenters. The average molecular weight is 362 g/mol. The van der Waals surface area contributed by atoms with Crippen LogP contribution in [0.4, 0.5) is 0 Å². The van der Waals surface area contributed by atoms with Crippen molar-refractivity contribution in [2.75, 3.05) is 5.33 Å². The normalized spacial score (nSPS) is 13.0. The Morgan fingerprint density at radius 1 is 1.12 bits per heavy atom. The maximum atomic E-state index is 3.65. The van der Waals surface area contributed by atoms with Gasteiger partial charge in [-0.2, -0.15) is 0 Å². The zero-order valence-corrected chi connectivity index (χ0v) is 13.9. The number of halogens is 2. The molecule has 0 aliphatic heterocycles. The van der Waals surface area contributed by atoms with Gasteiger partial charge in [-0.1, -0.05) is 76.7 Å². The topological polar surface area (TPSA) is 0 Å². The van der Waals surface area contributed by atoms with E-state index in [9.17, 15) is 0 Å². The third-order valence-corrected chi connectivity index (χ3v) is 4.77. The van der Waals surface area contributed by atoms with Crippen LogP contribution in [0.5, 0.6) is 0 Å². The Balaban J connectivity index is 2.44. The first-order valence-corrected chi connectivity index (χ1v) is 8.34. The van der Waals surface area contributed by atoms with Crippen LogP contribution in [0.25, 0.3) is 0 Å². The summed E-state index contributed by atoms with van der Waals surface area (Å²) in [6, 6.07) is 8.56. The molecule has 0 aromatic heterocycles. The van der Waals surface area contributed by atoms with Gasteiger partial charge in [-0.3, -0.25) is 0 Å². The fourth-order valence-corrected chi connectivity index (χ4v) is 3.02. The van der Waals surface area contributed by atoms with Crippen molar-refractivity contribution < 1.29 is 0 Å². The number of alkyl halides is 1. The van der Waals surface area contributed by atoms with Gasteiger partial charge in [0.25, 0.3) is 0 Å². The van der Waals surface area contributed by atoms with Crippen molar-refractivity contribution in [3.05, 3.63) is 34.3 Å². The molecule has 0 amide bonds. The summed E-state index contributed by atoms with van der Waals surface area (Å²) in [5.41, 5.74) is 1.43. The maximum Gasteiger partial charge on any atom is 0.0207 e. The van der Waals surface area contributed by atoms with Crippen LogP contribution in [0.15, 0.2) is 28.7 Å². The van der Waals surface area contributed by atoms with Crippen molar-refractivity contribution in [3.63, 3.8) is 0 Å². The highest BCUT2D eigenvalue weighted by Gasteiger charge is 2.10. The summed E-state index contributed by atoms with van der Waals surface area (Å²) in [6.45, 7) is 4.61. The van der Waals surface area contributed by atoms with E-state index in [1.165, 1.54) is 35.7 Å². The molecule has 0 N–H and O–H groups in total. The molecule has 0 heterocycles. The molecule has 0 fully saturated rings. The Morgan fingerprint density at radius 2 is 1.82 bits per heavy atom. The molecule has 2 heteroatoms. The van der Waals surface area contributed by atoms with Gasteiger partial charge in [0.2, 0.25) is 0 Å². The molecule has 1 aromatic carbocycles. The monoisotopic (exact) mass is 360 g/mol. The Hall–Kier alpha value is 0.180. The van der Waals surface area contributed by atoms with Crippen LogP contribution in [-0.2, 0) is 6.42 Å². The van der Waals surface area contributed by atoms with E-state index in [1.807, 2.05) is 0 Å². The highest BCUT2D eigenvalue weighted by atomic mass is 79.9. The fourth-order valence-electron chi connectivity index (χ4n) is 2.02. The van der Waals surface area contributed by atoms with E-state index in [0.29, 0.717) is 0 Å². The van der Waals surface area contributed by atoms with Crippen LogP contribution in [-0.4, -0.2) is 5.33 Å². The second-order valence-electron chi connectivity index (χ2n) is 5.14. The van der Waals surface area contributed by atoms with E-state index in [4.69, 9.17) is 0 Å². The van der Waals surface area contributed by atoms with Gasteiger partial charge in [0.1, 0.15) is 0 Å². The summed E-state index contributed by atoms with van der Waals surface area (Å²) >= 11 is 7.28. The Labute approximate surface area is 122 Å². The van der Waals surface area contributed by atoms with Gasteiger partial charge in [0.05, 0.1) is 0 Å². The van der Waals surface area contributed by atoms with E-state index < -0.39 is 0 Å². The van der Waals surface area contributed by atoms with Gasteiger partial charge in [-0.25, -0.2) is 0 Å². The van der Waals surface area contributed by atoms with E-state index >= 15 is 0 Å². The molecule has 0 bridgehead atoms. The van der Waals surface area contributed by atoms with Gasteiger partial charge in [-0.15, -0.1) is 0 Å². The smallest absolute Gasteiger partial charge is 0.0207 e. The van der Waals surface area contributed by atoms with Crippen molar-refractivity contribution in [3.8, 4) is 0 Å². The van der Waals surface area contributed by atoms with Crippen molar-refractivity contribution in [2.24, 2.45) is 11.8 Å². The van der Waals surface area contributed by atoms with Crippen LogP contribution in [0.1, 0.15) is 38.7 Å². The average Bonchev–Trinajstić information content (AvgIpc) is 2.30. The summed E-state index contributed by atoms with van der Waals surface area (Å²) in [5.74, 6) is 1.59. The molecule has 0 saturated heterocycles. The Morgan fingerprint density at radius 3 is 2.41 bits per heavy atom. The van der Waals surface area contributed by atoms with Crippen LogP contribution < -0.4 is 0 Å². The first-order chi connectivity index (χ1) is 8.13. The van der Waals surface area contributed by atoms with Crippen molar-refractivity contribution in [2.45, 2.75) is 39.5 Å². The largest absolute Gasteiger partial charge is 0.0925 e. The summed E-state index contributed by atoms with van der Waals surface area (Å²) in [6.07, 6.45) is 5.19. The predicted octanol–water partition coefficient (Wildman–Crippen LogP) is 5.83. The molecule has 96 valence electrons. The second kappa shape index (κ2) is 8.31. The van der Waals surface area contributed by atoms with Gasteiger partial charge in [0.15, 0.2) is 0 Å². The zero-order valence-electron chi connectivity index (χ0n) is 10.8. The first kappa shape index (κ1) is 15.2. The SMILES string of the molecule is CC(C)CCCC(CBr)Cc1ccccc1Br. The molecule has 0 saturated carbocycles. The molecule has 1 aromatic rings. The Kier molecular flexibility index (Phi) is 7.45. The number of hydrogen-bond donors (Lipinski definition) is 0. The minimum Gasteiger partial charge on any atom is -0.0925 e. The highest BCUT2D eigenvalue weighted by molar-refractivity contribution is 9.10. The number of hydrogen-bond acceptors (Lipinski definition) is 0. The zero-order chi connectivity index (χ0) is 12.7. The Bertz CT molecular complexity index is 320. The molecule has 0 nitrogen and oxygen atoms in total. The molecular formula is C15H22Br2.